The first-order valence-corrected chi connectivity index (χ1v) is 5.46. The van der Waals surface area contributed by atoms with Gasteiger partial charge in [-0.15, -0.1) is 0 Å². The summed E-state index contributed by atoms with van der Waals surface area (Å²) in [6.45, 7) is -1.97. The molecular weight excluding hydrogens is 279 g/mol. The van der Waals surface area contributed by atoms with Gasteiger partial charge in [-0.1, -0.05) is 6.07 Å². The van der Waals surface area contributed by atoms with Crippen molar-refractivity contribution in [1.82, 2.24) is 4.90 Å². The Hall–Kier alpha value is -2.25. The molecule has 1 aromatic rings. The second kappa shape index (κ2) is 6.27. The molecule has 1 N–H and O–H groups in total. The third kappa shape index (κ3) is 5.17. The van der Waals surface area contributed by atoms with Gasteiger partial charge in [0.15, 0.2) is 6.61 Å². The first kappa shape index (κ1) is 15.8. The van der Waals surface area contributed by atoms with E-state index in [4.69, 9.17) is 9.84 Å². The van der Waals surface area contributed by atoms with Gasteiger partial charge in [0, 0.05) is 12.6 Å². The van der Waals surface area contributed by atoms with Gasteiger partial charge in [0.2, 0.25) is 0 Å². The molecule has 0 unspecified atom stereocenters. The Morgan fingerprint density at radius 3 is 2.55 bits per heavy atom. The van der Waals surface area contributed by atoms with E-state index in [1.165, 1.54) is 24.3 Å². The van der Waals surface area contributed by atoms with Crippen molar-refractivity contribution in [1.29, 1.82) is 0 Å². The fourth-order valence-corrected chi connectivity index (χ4v) is 1.43. The molecule has 110 valence electrons. The first-order chi connectivity index (χ1) is 9.19. The zero-order valence-electron chi connectivity index (χ0n) is 10.5. The average molecular weight is 291 g/mol. The summed E-state index contributed by atoms with van der Waals surface area (Å²) in [5.74, 6) is -1.93. The predicted molar refractivity (Wildman–Crippen MR) is 62.6 cm³/mol. The highest BCUT2D eigenvalue weighted by Gasteiger charge is 2.31. The summed E-state index contributed by atoms with van der Waals surface area (Å²) < 4.78 is 41.4. The Kier molecular flexibility index (Phi) is 4.95. The largest absolute Gasteiger partial charge is 0.482 e. The van der Waals surface area contributed by atoms with Crippen molar-refractivity contribution < 1.29 is 32.6 Å². The van der Waals surface area contributed by atoms with Gasteiger partial charge in [0.25, 0.3) is 5.91 Å². The fourth-order valence-electron chi connectivity index (χ4n) is 1.43. The van der Waals surface area contributed by atoms with Crippen LogP contribution in [0.3, 0.4) is 0 Å². The van der Waals surface area contributed by atoms with Crippen molar-refractivity contribution in [2.24, 2.45) is 0 Å². The lowest BCUT2D eigenvalue weighted by Gasteiger charge is -2.19. The van der Waals surface area contributed by atoms with Crippen molar-refractivity contribution >= 4 is 11.9 Å². The standard InChI is InChI=1S/C12H12F3NO4/c1-16(7-12(13,14)15)11(19)8-3-2-4-9(5-8)20-6-10(17)18/h2-5H,6-7H2,1H3,(H,17,18). The Morgan fingerprint density at radius 2 is 2.00 bits per heavy atom. The Bertz CT molecular complexity index is 502. The molecule has 0 aliphatic heterocycles. The second-order valence-corrected chi connectivity index (χ2v) is 3.99. The zero-order valence-corrected chi connectivity index (χ0v) is 10.5. The molecule has 1 amide bonds. The number of amides is 1. The van der Waals surface area contributed by atoms with Crippen LogP contribution in [0.15, 0.2) is 24.3 Å². The molecule has 0 heterocycles. The minimum atomic E-state index is -4.48. The van der Waals surface area contributed by atoms with Crippen LogP contribution in [0.1, 0.15) is 10.4 Å². The van der Waals surface area contributed by atoms with Crippen molar-refractivity contribution in [3.8, 4) is 5.75 Å². The third-order valence-corrected chi connectivity index (χ3v) is 2.21. The molecule has 0 aliphatic rings. The van der Waals surface area contributed by atoms with Gasteiger partial charge in [-0.05, 0) is 18.2 Å². The van der Waals surface area contributed by atoms with Gasteiger partial charge >= 0.3 is 12.1 Å². The number of ether oxygens (including phenoxy) is 1. The van der Waals surface area contributed by atoms with E-state index in [2.05, 4.69) is 0 Å². The summed E-state index contributed by atoms with van der Waals surface area (Å²) in [6.07, 6.45) is -4.48. The number of rotatable bonds is 5. The molecule has 0 atom stereocenters. The molecule has 0 radical (unpaired) electrons. The van der Waals surface area contributed by atoms with Gasteiger partial charge in [-0.3, -0.25) is 4.79 Å². The van der Waals surface area contributed by atoms with Crippen molar-refractivity contribution in [3.05, 3.63) is 29.8 Å². The Morgan fingerprint density at radius 1 is 1.35 bits per heavy atom. The number of nitrogens with zero attached hydrogens (tertiary/aromatic N) is 1. The van der Waals surface area contributed by atoms with E-state index in [1.807, 2.05) is 0 Å². The quantitative estimate of drug-likeness (QED) is 0.898. The van der Waals surface area contributed by atoms with E-state index in [0.717, 1.165) is 7.05 Å². The van der Waals surface area contributed by atoms with E-state index in [0.29, 0.717) is 4.90 Å². The van der Waals surface area contributed by atoms with Gasteiger partial charge in [-0.25, -0.2) is 4.79 Å². The van der Waals surface area contributed by atoms with E-state index in [1.54, 1.807) is 0 Å². The maximum Gasteiger partial charge on any atom is 0.406 e. The summed E-state index contributed by atoms with van der Waals surface area (Å²) in [6, 6.07) is 5.32. The number of carbonyl (C=O) groups excluding carboxylic acids is 1. The maximum absolute atomic E-state index is 12.2. The van der Waals surface area contributed by atoms with Crippen LogP contribution in [0.25, 0.3) is 0 Å². The van der Waals surface area contributed by atoms with Gasteiger partial charge in [-0.2, -0.15) is 13.2 Å². The summed E-state index contributed by atoms with van der Waals surface area (Å²) in [7, 11) is 1.03. The molecule has 8 heteroatoms. The zero-order chi connectivity index (χ0) is 15.3. The molecule has 0 spiro atoms. The highest BCUT2D eigenvalue weighted by atomic mass is 19.4. The van der Waals surface area contributed by atoms with E-state index in [9.17, 15) is 22.8 Å². The molecule has 20 heavy (non-hydrogen) atoms. The van der Waals surface area contributed by atoms with Crippen LogP contribution < -0.4 is 4.74 Å². The number of alkyl halides is 3. The van der Waals surface area contributed by atoms with Gasteiger partial charge in [0.1, 0.15) is 12.3 Å². The van der Waals surface area contributed by atoms with E-state index >= 15 is 0 Å². The number of hydrogen-bond donors (Lipinski definition) is 1. The highest BCUT2D eigenvalue weighted by Crippen LogP contribution is 2.19. The van der Waals surface area contributed by atoms with Crippen LogP contribution in [-0.2, 0) is 4.79 Å². The normalized spacial score (nSPS) is 11.0. The molecule has 1 rings (SSSR count). The number of carboxylic acid groups (broad SMARTS) is 1. The van der Waals surface area contributed by atoms with Crippen LogP contribution in [-0.4, -0.2) is 48.3 Å². The van der Waals surface area contributed by atoms with Crippen molar-refractivity contribution in [3.63, 3.8) is 0 Å². The molecule has 0 aromatic heterocycles. The van der Waals surface area contributed by atoms with E-state index < -0.39 is 31.2 Å². The fraction of sp³-hybridized carbons (Fsp3) is 0.333. The van der Waals surface area contributed by atoms with Crippen molar-refractivity contribution in [2.75, 3.05) is 20.2 Å². The smallest absolute Gasteiger partial charge is 0.406 e. The number of aliphatic carboxylic acids is 1. The van der Waals surface area contributed by atoms with Crippen molar-refractivity contribution in [2.45, 2.75) is 6.18 Å². The molecule has 1 aromatic carbocycles. The second-order valence-electron chi connectivity index (χ2n) is 3.99. The minimum Gasteiger partial charge on any atom is -0.482 e. The lowest BCUT2D eigenvalue weighted by Crippen LogP contribution is -2.35. The van der Waals surface area contributed by atoms with Crippen LogP contribution in [0, 0.1) is 0 Å². The average Bonchev–Trinajstić information content (AvgIpc) is 2.33. The number of carbonyl (C=O) groups is 2. The number of benzene rings is 1. The summed E-state index contributed by atoms with van der Waals surface area (Å²) in [5.41, 5.74) is -0.0142. The number of hydrogen-bond acceptors (Lipinski definition) is 3. The maximum atomic E-state index is 12.2. The summed E-state index contributed by atoms with van der Waals surface area (Å²) in [4.78, 5) is 22.6. The van der Waals surface area contributed by atoms with Crippen LogP contribution in [0.2, 0.25) is 0 Å². The third-order valence-electron chi connectivity index (χ3n) is 2.21. The summed E-state index contributed by atoms with van der Waals surface area (Å²) >= 11 is 0. The Labute approximate surface area is 112 Å². The molecule has 0 saturated carbocycles. The molecular formula is C12H12F3NO4. The van der Waals surface area contributed by atoms with Crippen LogP contribution in [0.4, 0.5) is 13.2 Å². The van der Waals surface area contributed by atoms with Gasteiger partial charge < -0.3 is 14.7 Å². The molecule has 0 bridgehead atoms. The SMILES string of the molecule is CN(CC(F)(F)F)C(=O)c1cccc(OCC(=O)O)c1. The summed E-state index contributed by atoms with van der Waals surface area (Å²) in [5, 5.41) is 8.44. The first-order valence-electron chi connectivity index (χ1n) is 5.46. The highest BCUT2D eigenvalue weighted by molar-refractivity contribution is 5.94. The van der Waals surface area contributed by atoms with E-state index in [-0.39, 0.29) is 11.3 Å². The lowest BCUT2D eigenvalue weighted by atomic mass is 10.2. The Balaban J connectivity index is 2.78. The number of halogens is 3. The predicted octanol–water partition coefficient (Wildman–Crippen LogP) is 1.78. The molecule has 0 saturated heterocycles. The minimum absolute atomic E-state index is 0.0142. The number of carboxylic acids is 1. The lowest BCUT2D eigenvalue weighted by molar-refractivity contribution is -0.139. The topological polar surface area (TPSA) is 66.8 Å². The monoisotopic (exact) mass is 291 g/mol. The molecule has 0 aliphatic carbocycles. The van der Waals surface area contributed by atoms with Crippen LogP contribution in [0.5, 0.6) is 5.75 Å². The van der Waals surface area contributed by atoms with Crippen LogP contribution >= 0.6 is 0 Å². The molecule has 5 nitrogen and oxygen atoms in total. The molecule has 0 fully saturated rings. The van der Waals surface area contributed by atoms with Gasteiger partial charge in [0.05, 0.1) is 0 Å².